The average Bonchev–Trinajstić information content (AvgIpc) is 3.52. The first-order valence-electron chi connectivity index (χ1n) is 16.6. The van der Waals surface area contributed by atoms with Gasteiger partial charge in [-0.25, -0.2) is 8.78 Å². The molecule has 0 aliphatic heterocycles. The quantitative estimate of drug-likeness (QED) is 0.0817. The second kappa shape index (κ2) is 17.6. The lowest BCUT2D eigenvalue weighted by Gasteiger charge is -2.34. The van der Waals surface area contributed by atoms with Crippen molar-refractivity contribution in [1.82, 2.24) is 26.6 Å². The van der Waals surface area contributed by atoms with E-state index in [4.69, 9.17) is 11.1 Å². The standard InChI is InChI=1S/C35H49F2N7O4/c1-5-35(6-2,44-30(45)21(3)4)33(48)42-28(11-8-20-40-34(38)39)32(47)41-27-10-7-9-26(27)31(46)43-29(22-12-16-24(36)17-13-22)23-14-18-25(37)19-15-23/h12-19,21,26-29H,5-11,20H2,1-4H3,(H,41,47)(H,42,48)(H,43,46)(H,44,45)(H4,38,39,40)/t26?,27?,28-/m0/s1. The van der Waals surface area contributed by atoms with Crippen LogP contribution in [0.1, 0.15) is 89.8 Å². The normalized spacial score (nSPS) is 16.7. The second-order valence-electron chi connectivity index (χ2n) is 12.6. The summed E-state index contributed by atoms with van der Waals surface area (Å²) in [7, 11) is 0. The molecule has 1 fully saturated rings. The van der Waals surface area contributed by atoms with Gasteiger partial charge in [0.15, 0.2) is 5.96 Å². The van der Waals surface area contributed by atoms with Crippen molar-refractivity contribution in [2.45, 2.75) is 96.3 Å². The third-order valence-electron chi connectivity index (χ3n) is 9.01. The van der Waals surface area contributed by atoms with Gasteiger partial charge in [0.1, 0.15) is 23.2 Å². The molecule has 0 bridgehead atoms. The molecule has 0 aromatic heterocycles. The highest BCUT2D eigenvalue weighted by Crippen LogP contribution is 2.29. The molecule has 0 radical (unpaired) electrons. The van der Waals surface area contributed by atoms with E-state index in [2.05, 4.69) is 26.6 Å². The van der Waals surface area contributed by atoms with Crippen LogP contribution in [0.2, 0.25) is 0 Å². The number of carbonyl (C=O) groups is 4. The summed E-state index contributed by atoms with van der Waals surface area (Å²) >= 11 is 0. The van der Waals surface area contributed by atoms with Gasteiger partial charge in [-0.1, -0.05) is 58.4 Å². The van der Waals surface area contributed by atoms with E-state index in [9.17, 15) is 28.0 Å². The summed E-state index contributed by atoms with van der Waals surface area (Å²) in [5.41, 5.74) is 5.40. The SMILES string of the molecule is CCC(CC)(NC(=O)C(C)C)C(=O)N[C@@H](CCCNC(=N)N)C(=O)NC1CCCC1C(=O)NC(c1ccc(F)cc1)c1ccc(F)cc1. The van der Waals surface area contributed by atoms with E-state index in [1.54, 1.807) is 52.0 Å². The zero-order valence-corrected chi connectivity index (χ0v) is 28.1. The molecule has 262 valence electrons. The number of hydrogen-bond donors (Lipinski definition) is 7. The van der Waals surface area contributed by atoms with Crippen LogP contribution in [0.15, 0.2) is 48.5 Å². The number of nitrogens with two attached hydrogens (primary N) is 1. The molecule has 4 amide bonds. The van der Waals surface area contributed by atoms with Gasteiger partial charge in [-0.2, -0.15) is 0 Å². The molecule has 0 heterocycles. The van der Waals surface area contributed by atoms with Gasteiger partial charge in [-0.15, -0.1) is 0 Å². The number of amides is 4. The maximum Gasteiger partial charge on any atom is 0.246 e. The Bertz CT molecular complexity index is 1370. The summed E-state index contributed by atoms with van der Waals surface area (Å²) in [5, 5.41) is 21.8. The van der Waals surface area contributed by atoms with E-state index >= 15 is 0 Å². The number of hydrogen-bond acceptors (Lipinski definition) is 5. The van der Waals surface area contributed by atoms with Crippen LogP contribution >= 0.6 is 0 Å². The fraction of sp³-hybridized carbons (Fsp3) is 0.514. The highest BCUT2D eigenvalue weighted by molar-refractivity contribution is 5.95. The fourth-order valence-corrected chi connectivity index (χ4v) is 5.93. The van der Waals surface area contributed by atoms with E-state index in [1.165, 1.54) is 24.3 Å². The minimum absolute atomic E-state index is 0.209. The lowest BCUT2D eigenvalue weighted by atomic mass is 9.90. The van der Waals surface area contributed by atoms with E-state index in [0.29, 0.717) is 56.2 Å². The Hall–Kier alpha value is -4.55. The van der Waals surface area contributed by atoms with Gasteiger partial charge >= 0.3 is 0 Å². The Morgan fingerprint density at radius 2 is 1.46 bits per heavy atom. The molecule has 2 aromatic rings. The van der Waals surface area contributed by atoms with Crippen molar-refractivity contribution in [3.05, 3.63) is 71.3 Å². The minimum atomic E-state index is -1.22. The Morgan fingerprint density at radius 3 is 1.96 bits per heavy atom. The van der Waals surface area contributed by atoms with Crippen molar-refractivity contribution < 1.29 is 28.0 Å². The maximum absolute atomic E-state index is 13.8. The molecule has 11 nitrogen and oxygen atoms in total. The predicted molar refractivity (Wildman–Crippen MR) is 179 cm³/mol. The Labute approximate surface area is 281 Å². The molecule has 0 saturated heterocycles. The van der Waals surface area contributed by atoms with E-state index < -0.39 is 53.0 Å². The van der Waals surface area contributed by atoms with Gasteiger partial charge in [-0.05, 0) is 73.9 Å². The van der Waals surface area contributed by atoms with Crippen LogP contribution in [-0.4, -0.2) is 53.8 Å². The van der Waals surface area contributed by atoms with Gasteiger partial charge in [0.25, 0.3) is 0 Å². The van der Waals surface area contributed by atoms with Crippen molar-refractivity contribution in [3.63, 3.8) is 0 Å². The number of halogens is 2. The molecular formula is C35H49F2N7O4. The number of nitrogens with one attached hydrogen (secondary N) is 6. The molecule has 1 aliphatic carbocycles. The van der Waals surface area contributed by atoms with Crippen molar-refractivity contribution in [2.75, 3.05) is 6.54 Å². The number of benzene rings is 2. The largest absolute Gasteiger partial charge is 0.370 e. The third-order valence-corrected chi connectivity index (χ3v) is 9.01. The zero-order valence-electron chi connectivity index (χ0n) is 28.1. The Kier molecular flexibility index (Phi) is 13.9. The van der Waals surface area contributed by atoms with Crippen LogP contribution in [0.4, 0.5) is 8.78 Å². The fourth-order valence-electron chi connectivity index (χ4n) is 5.93. The van der Waals surface area contributed by atoms with Crippen LogP contribution in [0.3, 0.4) is 0 Å². The summed E-state index contributed by atoms with van der Waals surface area (Å²) in [6.45, 7) is 7.35. The molecule has 2 aromatic carbocycles. The summed E-state index contributed by atoms with van der Waals surface area (Å²) in [5.74, 6) is -3.58. The Balaban J connectivity index is 1.79. The van der Waals surface area contributed by atoms with Gasteiger partial charge in [0.2, 0.25) is 23.6 Å². The van der Waals surface area contributed by atoms with E-state index in [-0.39, 0.29) is 30.1 Å². The molecule has 1 saturated carbocycles. The van der Waals surface area contributed by atoms with Gasteiger partial charge in [0, 0.05) is 18.5 Å². The maximum atomic E-state index is 13.8. The molecule has 2 unspecified atom stereocenters. The molecule has 3 atom stereocenters. The van der Waals surface area contributed by atoms with Crippen LogP contribution < -0.4 is 32.3 Å². The third kappa shape index (κ3) is 10.2. The molecule has 1 aliphatic rings. The highest BCUT2D eigenvalue weighted by Gasteiger charge is 2.40. The van der Waals surface area contributed by atoms with Crippen LogP contribution in [0, 0.1) is 28.9 Å². The summed E-state index contributed by atoms with van der Waals surface area (Å²) in [4.78, 5) is 53.9. The molecule has 3 rings (SSSR count). The van der Waals surface area contributed by atoms with Crippen molar-refractivity contribution in [1.29, 1.82) is 5.41 Å². The van der Waals surface area contributed by atoms with Gasteiger partial charge < -0.3 is 32.3 Å². The zero-order chi connectivity index (χ0) is 35.4. The van der Waals surface area contributed by atoms with Crippen molar-refractivity contribution >= 4 is 29.6 Å². The first-order valence-corrected chi connectivity index (χ1v) is 16.6. The number of carbonyl (C=O) groups excluding carboxylic acids is 4. The smallest absolute Gasteiger partial charge is 0.246 e. The highest BCUT2D eigenvalue weighted by atomic mass is 19.1. The van der Waals surface area contributed by atoms with Crippen LogP contribution in [-0.2, 0) is 19.2 Å². The predicted octanol–water partition coefficient (Wildman–Crippen LogP) is 3.53. The first-order chi connectivity index (χ1) is 22.8. The summed E-state index contributed by atoms with van der Waals surface area (Å²) < 4.78 is 27.4. The second-order valence-corrected chi connectivity index (χ2v) is 12.6. The van der Waals surface area contributed by atoms with Crippen molar-refractivity contribution in [2.24, 2.45) is 17.6 Å². The van der Waals surface area contributed by atoms with E-state index in [1.807, 2.05) is 0 Å². The van der Waals surface area contributed by atoms with Crippen molar-refractivity contribution in [3.8, 4) is 0 Å². The van der Waals surface area contributed by atoms with Gasteiger partial charge in [0.05, 0.1) is 12.0 Å². The summed E-state index contributed by atoms with van der Waals surface area (Å²) in [6, 6.07) is 9.18. The van der Waals surface area contributed by atoms with E-state index in [0.717, 1.165) is 0 Å². The first kappa shape index (κ1) is 37.9. The minimum Gasteiger partial charge on any atom is -0.370 e. The molecule has 13 heteroatoms. The topological polar surface area (TPSA) is 178 Å². The molecule has 0 spiro atoms. The molecule has 8 N–H and O–H groups in total. The van der Waals surface area contributed by atoms with Gasteiger partial charge in [-0.3, -0.25) is 24.6 Å². The number of rotatable bonds is 16. The monoisotopic (exact) mass is 669 g/mol. The Morgan fingerprint density at radius 1 is 0.896 bits per heavy atom. The van der Waals surface area contributed by atoms with Crippen LogP contribution in [0.25, 0.3) is 0 Å². The molecular weight excluding hydrogens is 620 g/mol. The van der Waals surface area contributed by atoms with Crippen LogP contribution in [0.5, 0.6) is 0 Å². The lowest BCUT2D eigenvalue weighted by Crippen LogP contribution is -2.62. The summed E-state index contributed by atoms with van der Waals surface area (Å²) in [6.07, 6.45) is 2.94. The average molecular weight is 670 g/mol. The number of guanidine groups is 1. The molecule has 48 heavy (non-hydrogen) atoms. The lowest BCUT2D eigenvalue weighted by molar-refractivity contribution is -0.137.